The summed E-state index contributed by atoms with van der Waals surface area (Å²) in [5, 5.41) is 4.22. The Labute approximate surface area is 216 Å². The highest BCUT2D eigenvalue weighted by Gasteiger charge is 2.44. The van der Waals surface area contributed by atoms with Crippen LogP contribution in [0.25, 0.3) is 5.69 Å². The van der Waals surface area contributed by atoms with Gasteiger partial charge in [-0.3, -0.25) is 4.79 Å². The number of fused-ring (bicyclic) bond motifs is 2. The Balaban J connectivity index is 1.12. The molecule has 8 nitrogen and oxygen atoms in total. The van der Waals surface area contributed by atoms with Crippen molar-refractivity contribution >= 4 is 11.9 Å². The molecule has 38 heavy (non-hydrogen) atoms. The lowest BCUT2D eigenvalue weighted by atomic mass is 9.74. The molecule has 1 fully saturated rings. The minimum atomic E-state index is -5.18. The molecule has 0 amide bonds. The van der Waals surface area contributed by atoms with Crippen molar-refractivity contribution in [3.63, 3.8) is 0 Å². The summed E-state index contributed by atoms with van der Waals surface area (Å²) in [6.07, 6.45) is -0.295. The Hall–Kier alpha value is -3.86. The first-order valence-electron chi connectivity index (χ1n) is 12.3. The predicted octanol–water partition coefficient (Wildman–Crippen LogP) is 4.20. The molecule has 1 spiro atoms. The summed E-state index contributed by atoms with van der Waals surface area (Å²) in [5.41, 5.74) is 2.96. The maximum atomic E-state index is 12.2. The van der Waals surface area contributed by atoms with Crippen molar-refractivity contribution in [3.8, 4) is 17.2 Å². The number of hydrogen-bond donors (Lipinski definition) is 0. The summed E-state index contributed by atoms with van der Waals surface area (Å²) >= 11 is 0. The average Bonchev–Trinajstić information content (AvgIpc) is 3.56. The maximum Gasteiger partial charge on any atom is 0.491 e. The van der Waals surface area contributed by atoms with Crippen LogP contribution in [0.3, 0.4) is 0 Å². The third-order valence-corrected chi connectivity index (χ3v) is 7.02. The van der Waals surface area contributed by atoms with Crippen LogP contribution in [0.5, 0.6) is 11.5 Å². The molecule has 2 aromatic carbocycles. The standard InChI is InChI=1S/C27H26F3N3O5/c28-27(29,30)25(35)38-24(34)8-13-32-14-9-26(10-15-32)18-37-23-16-21(6-7-22(23)26)36-17-19-2-4-20(5-3-19)33-12-1-11-31-33/h1-7,11-12,16H,8-10,13-15,17-18H2. The Bertz CT molecular complexity index is 1280. The lowest BCUT2D eigenvalue weighted by Gasteiger charge is -2.38. The van der Waals surface area contributed by atoms with Crippen molar-refractivity contribution in [1.29, 1.82) is 0 Å². The van der Waals surface area contributed by atoms with Gasteiger partial charge < -0.3 is 19.1 Å². The van der Waals surface area contributed by atoms with E-state index in [1.165, 1.54) is 0 Å². The van der Waals surface area contributed by atoms with Gasteiger partial charge in [-0.15, -0.1) is 0 Å². The summed E-state index contributed by atoms with van der Waals surface area (Å²) in [4.78, 5) is 24.4. The molecule has 0 N–H and O–H groups in total. The maximum absolute atomic E-state index is 12.2. The van der Waals surface area contributed by atoms with Crippen LogP contribution in [0.1, 0.15) is 30.4 Å². The van der Waals surface area contributed by atoms with E-state index < -0.39 is 18.1 Å². The van der Waals surface area contributed by atoms with Crippen LogP contribution in [0, 0.1) is 0 Å². The van der Waals surface area contributed by atoms with Gasteiger partial charge in [0, 0.05) is 36.0 Å². The van der Waals surface area contributed by atoms with Crippen LogP contribution in [-0.4, -0.2) is 59.0 Å². The molecular formula is C27H26F3N3O5. The number of carbonyl (C=O) groups excluding carboxylic acids is 2. The Kier molecular flexibility index (Phi) is 7.11. The third kappa shape index (κ3) is 5.67. The van der Waals surface area contributed by atoms with E-state index in [9.17, 15) is 22.8 Å². The highest BCUT2D eigenvalue weighted by molar-refractivity contribution is 5.88. The first-order chi connectivity index (χ1) is 18.2. The Morgan fingerprint density at radius 1 is 1.08 bits per heavy atom. The molecule has 11 heteroatoms. The van der Waals surface area contributed by atoms with Crippen molar-refractivity contribution < 1.29 is 37.0 Å². The van der Waals surface area contributed by atoms with Gasteiger partial charge in [-0.25, -0.2) is 9.48 Å². The van der Waals surface area contributed by atoms with E-state index >= 15 is 0 Å². The van der Waals surface area contributed by atoms with Crippen LogP contribution >= 0.6 is 0 Å². The molecule has 2 aliphatic rings. The molecule has 1 saturated heterocycles. The summed E-state index contributed by atoms with van der Waals surface area (Å²) in [6, 6.07) is 15.7. The van der Waals surface area contributed by atoms with Crippen molar-refractivity contribution in [2.45, 2.75) is 37.5 Å². The van der Waals surface area contributed by atoms with Crippen LogP contribution in [0.2, 0.25) is 0 Å². The van der Waals surface area contributed by atoms with Crippen LogP contribution in [0.4, 0.5) is 13.2 Å². The third-order valence-electron chi connectivity index (χ3n) is 7.02. The van der Waals surface area contributed by atoms with Gasteiger partial charge in [0.05, 0.1) is 18.7 Å². The first-order valence-corrected chi connectivity index (χ1v) is 12.3. The van der Waals surface area contributed by atoms with E-state index in [0.717, 1.165) is 35.4 Å². The molecule has 0 radical (unpaired) electrons. The summed E-state index contributed by atoms with van der Waals surface area (Å²) in [6.45, 7) is 2.47. The summed E-state index contributed by atoms with van der Waals surface area (Å²) in [5.74, 6) is -2.16. The number of piperidine rings is 1. The molecule has 3 aromatic rings. The molecule has 1 aromatic heterocycles. The number of aromatic nitrogens is 2. The SMILES string of the molecule is O=C(CCN1CCC2(CC1)COc1cc(OCc3ccc(-n4cccn4)cc3)ccc12)OC(=O)C(F)(F)F. The van der Waals surface area contributed by atoms with E-state index in [2.05, 4.69) is 9.84 Å². The van der Waals surface area contributed by atoms with Crippen LogP contribution in [-0.2, 0) is 26.3 Å². The molecule has 0 aliphatic carbocycles. The monoisotopic (exact) mass is 529 g/mol. The van der Waals surface area contributed by atoms with Gasteiger partial charge in [0.1, 0.15) is 18.1 Å². The van der Waals surface area contributed by atoms with E-state index in [-0.39, 0.29) is 18.4 Å². The molecule has 3 heterocycles. The van der Waals surface area contributed by atoms with Gasteiger partial charge >= 0.3 is 18.1 Å². The van der Waals surface area contributed by atoms with Crippen molar-refractivity contribution in [2.75, 3.05) is 26.2 Å². The number of likely N-dealkylation sites (tertiary alicyclic amines) is 1. The number of carbonyl (C=O) groups is 2. The fourth-order valence-electron chi connectivity index (χ4n) is 4.86. The zero-order valence-corrected chi connectivity index (χ0v) is 20.4. The fourth-order valence-corrected chi connectivity index (χ4v) is 4.86. The zero-order chi connectivity index (χ0) is 26.8. The zero-order valence-electron chi connectivity index (χ0n) is 20.4. The van der Waals surface area contributed by atoms with Crippen molar-refractivity contribution in [1.82, 2.24) is 14.7 Å². The summed E-state index contributed by atoms with van der Waals surface area (Å²) in [7, 11) is 0. The quantitative estimate of drug-likeness (QED) is 0.335. The van der Waals surface area contributed by atoms with Gasteiger partial charge in [-0.1, -0.05) is 18.2 Å². The van der Waals surface area contributed by atoms with Crippen molar-refractivity contribution in [3.05, 3.63) is 72.1 Å². The van der Waals surface area contributed by atoms with Gasteiger partial charge in [-0.2, -0.15) is 18.3 Å². The molecule has 0 unspecified atom stereocenters. The van der Waals surface area contributed by atoms with Crippen molar-refractivity contribution in [2.24, 2.45) is 0 Å². The second-order valence-corrected chi connectivity index (χ2v) is 9.48. The first kappa shape index (κ1) is 25.8. The number of esters is 2. The number of benzene rings is 2. The number of ether oxygens (including phenoxy) is 3. The van der Waals surface area contributed by atoms with Gasteiger partial charge in [0.25, 0.3) is 0 Å². The molecule has 0 atom stereocenters. The number of nitrogens with zero attached hydrogens (tertiary/aromatic N) is 3. The minimum absolute atomic E-state index is 0.153. The van der Waals surface area contributed by atoms with E-state index in [4.69, 9.17) is 9.47 Å². The van der Waals surface area contributed by atoms with Gasteiger partial charge in [0.15, 0.2) is 0 Å². The number of rotatable bonds is 7. The lowest BCUT2D eigenvalue weighted by Crippen LogP contribution is -2.44. The minimum Gasteiger partial charge on any atom is -0.492 e. The van der Waals surface area contributed by atoms with Gasteiger partial charge in [-0.05, 0) is 55.8 Å². The number of alkyl halides is 3. The lowest BCUT2D eigenvalue weighted by molar-refractivity contribution is -0.201. The molecule has 0 saturated carbocycles. The van der Waals surface area contributed by atoms with Crippen LogP contribution in [0.15, 0.2) is 60.9 Å². The average molecular weight is 530 g/mol. The largest absolute Gasteiger partial charge is 0.492 e. The Morgan fingerprint density at radius 2 is 1.84 bits per heavy atom. The predicted molar refractivity (Wildman–Crippen MR) is 129 cm³/mol. The number of halogens is 3. The molecule has 2 aliphatic heterocycles. The second-order valence-electron chi connectivity index (χ2n) is 9.48. The van der Waals surface area contributed by atoms with Gasteiger partial charge in [0.2, 0.25) is 0 Å². The van der Waals surface area contributed by atoms with E-state index in [1.54, 1.807) is 10.9 Å². The smallest absolute Gasteiger partial charge is 0.491 e. The molecule has 200 valence electrons. The molecular weight excluding hydrogens is 503 g/mol. The molecule has 0 bridgehead atoms. The Morgan fingerprint density at radius 3 is 2.53 bits per heavy atom. The fraction of sp³-hybridized carbons (Fsp3) is 0.370. The highest BCUT2D eigenvalue weighted by atomic mass is 19.4. The second kappa shape index (κ2) is 10.5. The normalized spacial score (nSPS) is 16.6. The summed E-state index contributed by atoms with van der Waals surface area (Å²) < 4.78 is 54.4. The van der Waals surface area contributed by atoms with E-state index in [1.807, 2.05) is 59.6 Å². The topological polar surface area (TPSA) is 82.9 Å². The highest BCUT2D eigenvalue weighted by Crippen LogP contribution is 2.46. The molecule has 5 rings (SSSR count). The van der Waals surface area contributed by atoms with E-state index in [0.29, 0.717) is 32.1 Å². The van der Waals surface area contributed by atoms with Crippen LogP contribution < -0.4 is 9.47 Å². The number of hydrogen-bond acceptors (Lipinski definition) is 7.